The minimum absolute atomic E-state index is 0.0114. The number of halogens is 1. The molecule has 1 saturated heterocycles. The van der Waals surface area contributed by atoms with Gasteiger partial charge in [0.1, 0.15) is 0 Å². The average molecular weight is 349 g/mol. The van der Waals surface area contributed by atoms with Crippen molar-refractivity contribution >= 4 is 31.5 Å². The summed E-state index contributed by atoms with van der Waals surface area (Å²) >= 11 is 5.88. The monoisotopic (exact) mass is 348 g/mol. The van der Waals surface area contributed by atoms with Gasteiger partial charge >= 0.3 is 0 Å². The Morgan fingerprint density at radius 1 is 1.29 bits per heavy atom. The highest BCUT2D eigenvalue weighted by molar-refractivity contribution is 7.92. The lowest BCUT2D eigenvalue weighted by atomic mass is 10.2. The number of sulfone groups is 1. The molecule has 0 amide bonds. The van der Waals surface area contributed by atoms with Gasteiger partial charge in [-0.15, -0.1) is 11.6 Å². The summed E-state index contributed by atoms with van der Waals surface area (Å²) in [6.07, 6.45) is 0.193. The van der Waals surface area contributed by atoms with Gasteiger partial charge in [0.15, 0.2) is 9.84 Å². The van der Waals surface area contributed by atoms with Gasteiger partial charge in [-0.3, -0.25) is 0 Å². The van der Waals surface area contributed by atoms with Crippen LogP contribution in [0, 0.1) is 11.3 Å². The lowest BCUT2D eigenvalue weighted by molar-refractivity contribution is 0.563. The van der Waals surface area contributed by atoms with E-state index in [9.17, 15) is 16.8 Å². The molecule has 0 radical (unpaired) electrons. The Bertz CT molecular complexity index is 766. The molecule has 9 heteroatoms. The van der Waals surface area contributed by atoms with E-state index in [4.69, 9.17) is 16.9 Å². The minimum atomic E-state index is -3.84. The van der Waals surface area contributed by atoms with Gasteiger partial charge in [-0.1, -0.05) is 12.1 Å². The molecule has 0 spiro atoms. The molecular weight excluding hydrogens is 336 g/mol. The van der Waals surface area contributed by atoms with Gasteiger partial charge < -0.3 is 0 Å². The Morgan fingerprint density at radius 3 is 2.38 bits per heavy atom. The highest BCUT2D eigenvalue weighted by Gasteiger charge is 2.38. The van der Waals surface area contributed by atoms with E-state index in [-0.39, 0.29) is 22.8 Å². The maximum Gasteiger partial charge on any atom is 0.240 e. The summed E-state index contributed by atoms with van der Waals surface area (Å²) in [5.41, 5.74) is 0.704. The minimum Gasteiger partial charge on any atom is -0.229 e. The summed E-state index contributed by atoms with van der Waals surface area (Å²) in [6, 6.07) is 6.97. The van der Waals surface area contributed by atoms with Crippen LogP contribution in [0.5, 0.6) is 0 Å². The van der Waals surface area contributed by atoms with Crippen molar-refractivity contribution in [2.45, 2.75) is 22.7 Å². The molecule has 1 aliphatic heterocycles. The normalized spacial score (nSPS) is 24.6. The number of hydrogen-bond donors (Lipinski definition) is 1. The van der Waals surface area contributed by atoms with Gasteiger partial charge in [-0.25, -0.2) is 21.6 Å². The Kier molecular flexibility index (Phi) is 4.58. The molecule has 1 fully saturated rings. The number of rotatable bonds is 4. The van der Waals surface area contributed by atoms with E-state index in [1.807, 2.05) is 6.07 Å². The van der Waals surface area contributed by atoms with E-state index in [0.29, 0.717) is 5.56 Å². The number of benzene rings is 1. The zero-order chi connectivity index (χ0) is 15.7. The van der Waals surface area contributed by atoms with Crippen molar-refractivity contribution < 1.29 is 16.8 Å². The third kappa shape index (κ3) is 3.95. The zero-order valence-electron chi connectivity index (χ0n) is 10.9. The smallest absolute Gasteiger partial charge is 0.229 e. The topological polar surface area (TPSA) is 104 Å². The molecule has 1 N–H and O–H groups in total. The fraction of sp³-hybridized carbons (Fsp3) is 0.417. The fourth-order valence-corrected chi connectivity index (χ4v) is 6.06. The van der Waals surface area contributed by atoms with E-state index in [0.717, 1.165) is 0 Å². The molecule has 2 atom stereocenters. The van der Waals surface area contributed by atoms with Crippen molar-refractivity contribution in [3.05, 3.63) is 29.8 Å². The SMILES string of the molecule is N#CCc1ccc(S(=O)(=O)NC2CS(=O)(=O)CC2Cl)cc1. The predicted molar refractivity (Wildman–Crippen MR) is 78.2 cm³/mol. The van der Waals surface area contributed by atoms with Gasteiger partial charge in [-0.2, -0.15) is 5.26 Å². The standard InChI is InChI=1S/C12H13ClN2O4S2/c13-11-7-20(16,17)8-12(11)15-21(18,19)10-3-1-9(2-4-10)5-6-14/h1-4,11-12,15H,5,7-8H2. The first kappa shape index (κ1) is 16.2. The average Bonchev–Trinajstić information content (AvgIpc) is 2.62. The van der Waals surface area contributed by atoms with Crippen LogP contribution in [0.25, 0.3) is 0 Å². The predicted octanol–water partition coefficient (Wildman–Crippen LogP) is 0.435. The van der Waals surface area contributed by atoms with Crippen LogP contribution >= 0.6 is 11.6 Å². The largest absolute Gasteiger partial charge is 0.240 e. The summed E-state index contributed by atoms with van der Waals surface area (Å²) in [7, 11) is -7.15. The van der Waals surface area contributed by atoms with Crippen LogP contribution in [0.3, 0.4) is 0 Å². The number of hydrogen-bond acceptors (Lipinski definition) is 5. The summed E-state index contributed by atoms with van der Waals surface area (Å²) in [4.78, 5) is 0.0114. The van der Waals surface area contributed by atoms with Gasteiger partial charge in [-0.05, 0) is 17.7 Å². The van der Waals surface area contributed by atoms with E-state index in [1.165, 1.54) is 12.1 Å². The summed E-state index contributed by atoms with van der Waals surface area (Å²) in [6.45, 7) is 0. The molecule has 1 aromatic rings. The molecule has 0 saturated carbocycles. The van der Waals surface area contributed by atoms with Crippen molar-refractivity contribution in [2.75, 3.05) is 11.5 Å². The van der Waals surface area contributed by atoms with Crippen LogP contribution in [0.2, 0.25) is 0 Å². The van der Waals surface area contributed by atoms with Crippen molar-refractivity contribution in [2.24, 2.45) is 0 Å². The summed E-state index contributed by atoms with van der Waals surface area (Å²) in [5.74, 6) is -0.532. The zero-order valence-corrected chi connectivity index (χ0v) is 13.2. The van der Waals surface area contributed by atoms with Crippen molar-refractivity contribution in [1.82, 2.24) is 4.72 Å². The molecular formula is C12H13ClN2O4S2. The highest BCUT2D eigenvalue weighted by Crippen LogP contribution is 2.20. The Balaban J connectivity index is 2.17. The van der Waals surface area contributed by atoms with Crippen molar-refractivity contribution in [3.63, 3.8) is 0 Å². The molecule has 1 aromatic carbocycles. The lowest BCUT2D eigenvalue weighted by Gasteiger charge is -2.14. The second-order valence-electron chi connectivity index (χ2n) is 4.80. The van der Waals surface area contributed by atoms with Crippen LogP contribution in [0.4, 0.5) is 0 Å². The van der Waals surface area contributed by atoms with Gasteiger partial charge in [0, 0.05) is 0 Å². The molecule has 21 heavy (non-hydrogen) atoms. The number of nitrogens with one attached hydrogen (secondary N) is 1. The number of alkyl halides is 1. The summed E-state index contributed by atoms with van der Waals surface area (Å²) < 4.78 is 49.6. The Hall–Kier alpha value is -1.14. The number of nitrogens with zero attached hydrogens (tertiary/aromatic N) is 1. The number of nitriles is 1. The van der Waals surface area contributed by atoms with E-state index >= 15 is 0 Å². The third-order valence-corrected chi connectivity index (χ3v) is 6.99. The van der Waals surface area contributed by atoms with Crippen LogP contribution in [0.1, 0.15) is 5.56 Å². The maximum atomic E-state index is 12.2. The van der Waals surface area contributed by atoms with E-state index < -0.39 is 31.3 Å². The fourth-order valence-electron chi connectivity index (χ4n) is 2.06. The summed E-state index contributed by atoms with van der Waals surface area (Å²) in [5, 5.41) is 7.79. The van der Waals surface area contributed by atoms with Gasteiger partial charge in [0.05, 0.1) is 40.3 Å². The molecule has 2 unspecified atom stereocenters. The maximum absolute atomic E-state index is 12.2. The first-order valence-corrected chi connectivity index (χ1v) is 9.80. The van der Waals surface area contributed by atoms with Crippen molar-refractivity contribution in [1.29, 1.82) is 5.26 Å². The molecule has 6 nitrogen and oxygen atoms in total. The first-order chi connectivity index (χ1) is 9.73. The van der Waals surface area contributed by atoms with Crippen LogP contribution < -0.4 is 4.72 Å². The molecule has 1 aliphatic rings. The van der Waals surface area contributed by atoms with Gasteiger partial charge in [0.2, 0.25) is 10.0 Å². The molecule has 2 rings (SSSR count). The second-order valence-corrected chi connectivity index (χ2v) is 9.23. The molecule has 0 aliphatic carbocycles. The first-order valence-electron chi connectivity index (χ1n) is 6.06. The number of sulfonamides is 1. The lowest BCUT2D eigenvalue weighted by Crippen LogP contribution is -2.40. The molecule has 114 valence electrons. The van der Waals surface area contributed by atoms with E-state index in [1.54, 1.807) is 12.1 Å². The molecule has 1 heterocycles. The Labute approximate surface area is 128 Å². The van der Waals surface area contributed by atoms with Crippen molar-refractivity contribution in [3.8, 4) is 6.07 Å². The van der Waals surface area contributed by atoms with Crippen LogP contribution in [-0.2, 0) is 26.3 Å². The second kappa shape index (κ2) is 5.93. The van der Waals surface area contributed by atoms with Crippen LogP contribution in [-0.4, -0.2) is 39.8 Å². The van der Waals surface area contributed by atoms with Crippen LogP contribution in [0.15, 0.2) is 29.2 Å². The molecule has 0 aromatic heterocycles. The Morgan fingerprint density at radius 2 is 1.90 bits per heavy atom. The molecule has 0 bridgehead atoms. The third-order valence-electron chi connectivity index (χ3n) is 3.11. The quantitative estimate of drug-likeness (QED) is 0.795. The van der Waals surface area contributed by atoms with E-state index in [2.05, 4.69) is 4.72 Å². The van der Waals surface area contributed by atoms with Gasteiger partial charge in [0.25, 0.3) is 0 Å². The highest BCUT2D eigenvalue weighted by atomic mass is 35.5.